The molecule has 0 aromatic heterocycles. The molecule has 2 rings (SSSR count). The van der Waals surface area contributed by atoms with Crippen LogP contribution in [-0.4, -0.2) is 6.29 Å². The molecule has 0 heterocycles. The lowest BCUT2D eigenvalue weighted by Gasteiger charge is -2.16. The summed E-state index contributed by atoms with van der Waals surface area (Å²) < 4.78 is 0. The lowest BCUT2D eigenvalue weighted by Crippen LogP contribution is -2.14. The van der Waals surface area contributed by atoms with Crippen LogP contribution in [0.4, 0.5) is 0 Å². The average molecular weight is 95.1 g/mol. The van der Waals surface area contributed by atoms with Gasteiger partial charge in [0.05, 0.1) is 0 Å². The van der Waals surface area contributed by atoms with Gasteiger partial charge in [-0.1, -0.05) is 0 Å². The van der Waals surface area contributed by atoms with Gasteiger partial charge < -0.3 is 0 Å². The Balaban J connectivity index is 2.19. The van der Waals surface area contributed by atoms with Gasteiger partial charge in [0.25, 0.3) is 0 Å². The van der Waals surface area contributed by atoms with E-state index in [1.165, 1.54) is 6.42 Å². The van der Waals surface area contributed by atoms with E-state index in [1.807, 2.05) is 0 Å². The summed E-state index contributed by atoms with van der Waals surface area (Å²) in [7, 11) is 0. The first-order valence-electron chi connectivity index (χ1n) is 2.77. The maximum Gasteiger partial charge on any atom is 0.205 e. The van der Waals surface area contributed by atoms with Crippen molar-refractivity contribution in [2.24, 2.45) is 11.3 Å². The summed E-state index contributed by atoms with van der Waals surface area (Å²) in [5, 5.41) is 0. The van der Waals surface area contributed by atoms with Crippen molar-refractivity contribution in [3.05, 3.63) is 0 Å². The quantitative estimate of drug-likeness (QED) is 0.472. The molecule has 1 radical (unpaired) electrons. The lowest BCUT2D eigenvalue weighted by molar-refractivity contribution is 0.371. The Labute approximate surface area is 42.7 Å². The third-order valence-corrected chi connectivity index (χ3v) is 2.37. The molecule has 37 valence electrons. The highest BCUT2D eigenvalue weighted by Gasteiger charge is 2.61. The van der Waals surface area contributed by atoms with Crippen LogP contribution >= 0.6 is 0 Å². The molecular formula is C6H7O. The van der Waals surface area contributed by atoms with Gasteiger partial charge in [-0.25, -0.2) is 0 Å². The molecule has 1 nitrogen and oxygen atoms in total. The Kier molecular flexibility index (Phi) is 0.401. The zero-order chi connectivity index (χ0) is 4.91. The Bertz CT molecular complexity index is 115. The van der Waals surface area contributed by atoms with Gasteiger partial charge in [0.2, 0.25) is 6.29 Å². The number of fused-ring (bicyclic) bond motifs is 1. The van der Waals surface area contributed by atoms with Gasteiger partial charge in [-0.3, -0.25) is 4.79 Å². The van der Waals surface area contributed by atoms with E-state index in [4.69, 9.17) is 0 Å². The first kappa shape index (κ1) is 3.65. The van der Waals surface area contributed by atoms with Crippen molar-refractivity contribution in [1.29, 1.82) is 0 Å². The highest BCUT2D eigenvalue weighted by Crippen LogP contribution is 2.65. The number of hydrogen-bond acceptors (Lipinski definition) is 1. The van der Waals surface area contributed by atoms with Gasteiger partial charge in [-0.15, -0.1) is 0 Å². The third-order valence-electron chi connectivity index (χ3n) is 2.37. The van der Waals surface area contributed by atoms with Gasteiger partial charge in [0.1, 0.15) is 0 Å². The standard InChI is InChI=1S/C6H7O/c7-4-6-2-1-5(6)3-6/h5H,1-3H2. The smallest absolute Gasteiger partial charge is 0.205 e. The summed E-state index contributed by atoms with van der Waals surface area (Å²) in [6.07, 6.45) is 5.66. The summed E-state index contributed by atoms with van der Waals surface area (Å²) in [5.74, 6) is 0.769. The second kappa shape index (κ2) is 0.770. The van der Waals surface area contributed by atoms with E-state index < -0.39 is 0 Å². The second-order valence-corrected chi connectivity index (χ2v) is 2.70. The highest BCUT2D eigenvalue weighted by molar-refractivity contribution is 5.67. The topological polar surface area (TPSA) is 17.1 Å². The SMILES string of the molecule is O=[C]C12CCC1C2. The van der Waals surface area contributed by atoms with Gasteiger partial charge in [0, 0.05) is 5.41 Å². The average Bonchev–Trinajstić information content (AvgIpc) is 2.12. The van der Waals surface area contributed by atoms with Crippen LogP contribution in [0.5, 0.6) is 0 Å². The minimum Gasteiger partial charge on any atom is -0.290 e. The van der Waals surface area contributed by atoms with Crippen LogP contribution in [0.15, 0.2) is 0 Å². The molecule has 2 aliphatic rings. The maximum absolute atomic E-state index is 10.0. The first-order valence-corrected chi connectivity index (χ1v) is 2.77. The molecule has 2 unspecified atom stereocenters. The lowest BCUT2D eigenvalue weighted by atomic mass is 9.86. The maximum atomic E-state index is 10.0. The monoisotopic (exact) mass is 95.0 g/mol. The van der Waals surface area contributed by atoms with E-state index in [0.29, 0.717) is 0 Å². The number of rotatable bonds is 1. The molecule has 2 saturated carbocycles. The molecule has 0 bridgehead atoms. The van der Waals surface area contributed by atoms with Crippen LogP contribution in [0.2, 0.25) is 0 Å². The summed E-state index contributed by atoms with van der Waals surface area (Å²) in [4.78, 5) is 10.0. The Morgan fingerprint density at radius 1 is 1.71 bits per heavy atom. The number of carbonyl (C=O) groups excluding carboxylic acids is 1. The van der Waals surface area contributed by atoms with Crippen molar-refractivity contribution in [3.63, 3.8) is 0 Å². The van der Waals surface area contributed by atoms with Crippen LogP contribution in [-0.2, 0) is 4.79 Å². The van der Waals surface area contributed by atoms with Crippen LogP contribution in [0, 0.1) is 11.3 Å². The van der Waals surface area contributed by atoms with E-state index in [0.717, 1.165) is 18.8 Å². The molecule has 2 fully saturated rings. The predicted molar refractivity (Wildman–Crippen MR) is 25.5 cm³/mol. The molecule has 2 aliphatic carbocycles. The summed E-state index contributed by atoms with van der Waals surface area (Å²) in [5.41, 5.74) is 0.125. The normalized spacial score (nSPS) is 54.6. The third kappa shape index (κ3) is 0.245. The van der Waals surface area contributed by atoms with E-state index in [-0.39, 0.29) is 5.41 Å². The molecule has 0 aliphatic heterocycles. The molecule has 7 heavy (non-hydrogen) atoms. The molecule has 0 amide bonds. The van der Waals surface area contributed by atoms with Crippen molar-refractivity contribution in [2.75, 3.05) is 0 Å². The summed E-state index contributed by atoms with van der Waals surface area (Å²) in [6.45, 7) is 0. The minimum atomic E-state index is 0.125. The van der Waals surface area contributed by atoms with Gasteiger partial charge >= 0.3 is 0 Å². The van der Waals surface area contributed by atoms with Crippen LogP contribution in [0.25, 0.3) is 0 Å². The largest absolute Gasteiger partial charge is 0.290 e. The van der Waals surface area contributed by atoms with Gasteiger partial charge in [-0.2, -0.15) is 0 Å². The zero-order valence-corrected chi connectivity index (χ0v) is 4.11. The number of hydrogen-bond donors (Lipinski definition) is 0. The van der Waals surface area contributed by atoms with Crippen LogP contribution in [0.3, 0.4) is 0 Å². The van der Waals surface area contributed by atoms with Crippen molar-refractivity contribution in [3.8, 4) is 0 Å². The van der Waals surface area contributed by atoms with Crippen molar-refractivity contribution >= 4 is 6.29 Å². The van der Waals surface area contributed by atoms with Gasteiger partial charge in [0.15, 0.2) is 0 Å². The van der Waals surface area contributed by atoms with E-state index >= 15 is 0 Å². The molecule has 0 saturated heterocycles. The molecule has 0 aromatic carbocycles. The fraction of sp³-hybridized carbons (Fsp3) is 0.833. The molecule has 0 N–H and O–H groups in total. The summed E-state index contributed by atoms with van der Waals surface area (Å²) >= 11 is 0. The Morgan fingerprint density at radius 2 is 2.57 bits per heavy atom. The highest BCUT2D eigenvalue weighted by atomic mass is 16.1. The molecule has 1 heteroatoms. The second-order valence-electron chi connectivity index (χ2n) is 2.70. The fourth-order valence-corrected chi connectivity index (χ4v) is 1.46. The first-order chi connectivity index (χ1) is 3.37. The van der Waals surface area contributed by atoms with E-state index in [2.05, 4.69) is 6.29 Å². The fourth-order valence-electron chi connectivity index (χ4n) is 1.46. The van der Waals surface area contributed by atoms with Crippen LogP contribution in [0.1, 0.15) is 19.3 Å². The predicted octanol–water partition coefficient (Wildman–Crippen LogP) is 0.896. The zero-order valence-electron chi connectivity index (χ0n) is 4.11. The van der Waals surface area contributed by atoms with Crippen molar-refractivity contribution < 1.29 is 4.79 Å². The van der Waals surface area contributed by atoms with Crippen molar-refractivity contribution in [2.45, 2.75) is 19.3 Å². The molecular weight excluding hydrogens is 88.1 g/mol. The van der Waals surface area contributed by atoms with Crippen molar-refractivity contribution in [1.82, 2.24) is 0 Å². The summed E-state index contributed by atoms with van der Waals surface area (Å²) in [6, 6.07) is 0. The van der Waals surface area contributed by atoms with Crippen LogP contribution < -0.4 is 0 Å². The molecule has 0 spiro atoms. The Morgan fingerprint density at radius 3 is 2.57 bits per heavy atom. The molecule has 2 atom stereocenters. The molecule has 0 aromatic rings. The minimum absolute atomic E-state index is 0.125. The van der Waals surface area contributed by atoms with Gasteiger partial charge in [-0.05, 0) is 25.2 Å². The van der Waals surface area contributed by atoms with E-state index in [1.54, 1.807) is 0 Å². The Hall–Kier alpha value is -0.330. The van der Waals surface area contributed by atoms with E-state index in [9.17, 15) is 4.79 Å².